The summed E-state index contributed by atoms with van der Waals surface area (Å²) >= 11 is 0. The molecule has 98 valence electrons. The van der Waals surface area contributed by atoms with Crippen molar-refractivity contribution in [1.82, 2.24) is 15.5 Å². The van der Waals surface area contributed by atoms with E-state index in [-0.39, 0.29) is 11.9 Å². The lowest BCUT2D eigenvalue weighted by molar-refractivity contribution is -0.123. The quantitative estimate of drug-likeness (QED) is 0.754. The van der Waals surface area contributed by atoms with Gasteiger partial charge in [-0.25, -0.2) is 0 Å². The molecule has 0 aromatic rings. The van der Waals surface area contributed by atoms with Crippen LogP contribution < -0.4 is 10.6 Å². The van der Waals surface area contributed by atoms with Gasteiger partial charge in [-0.05, 0) is 51.7 Å². The maximum absolute atomic E-state index is 11.9. The summed E-state index contributed by atoms with van der Waals surface area (Å²) < 4.78 is 0. The van der Waals surface area contributed by atoms with Crippen molar-refractivity contribution in [2.24, 2.45) is 5.92 Å². The lowest BCUT2D eigenvalue weighted by Crippen LogP contribution is -2.47. The number of nitrogens with one attached hydrogen (secondary N) is 2. The predicted molar refractivity (Wildman–Crippen MR) is 68.9 cm³/mol. The highest BCUT2D eigenvalue weighted by atomic mass is 16.2. The van der Waals surface area contributed by atoms with Crippen LogP contribution in [0.3, 0.4) is 0 Å². The third-order valence-electron chi connectivity index (χ3n) is 3.97. The highest BCUT2D eigenvalue weighted by molar-refractivity contribution is 5.81. The second kappa shape index (κ2) is 6.36. The third-order valence-corrected chi connectivity index (χ3v) is 3.97. The molecule has 2 saturated heterocycles. The van der Waals surface area contributed by atoms with Gasteiger partial charge >= 0.3 is 0 Å². The van der Waals surface area contributed by atoms with Crippen LogP contribution in [0, 0.1) is 5.92 Å². The fourth-order valence-electron chi connectivity index (χ4n) is 2.86. The van der Waals surface area contributed by atoms with Gasteiger partial charge in [-0.3, -0.25) is 4.79 Å². The van der Waals surface area contributed by atoms with Crippen LogP contribution in [-0.4, -0.2) is 50.1 Å². The smallest absolute Gasteiger partial charge is 0.237 e. The molecule has 1 amide bonds. The number of likely N-dealkylation sites (tertiary alicyclic amines) is 1. The first-order valence-corrected chi connectivity index (χ1v) is 6.95. The van der Waals surface area contributed by atoms with Gasteiger partial charge in [0.1, 0.15) is 0 Å². The number of piperidine rings is 1. The monoisotopic (exact) mass is 239 g/mol. The molecule has 2 fully saturated rings. The summed E-state index contributed by atoms with van der Waals surface area (Å²) in [5.74, 6) is 0.982. The number of amides is 1. The molecule has 4 nitrogen and oxygen atoms in total. The highest BCUT2D eigenvalue weighted by Crippen LogP contribution is 2.17. The molecule has 4 heteroatoms. The van der Waals surface area contributed by atoms with Gasteiger partial charge in [0.15, 0.2) is 0 Å². The minimum absolute atomic E-state index is 0.0648. The molecule has 0 aliphatic carbocycles. The molecule has 2 aliphatic rings. The van der Waals surface area contributed by atoms with Crippen LogP contribution >= 0.6 is 0 Å². The van der Waals surface area contributed by atoms with Crippen molar-refractivity contribution in [2.45, 2.75) is 38.1 Å². The van der Waals surface area contributed by atoms with Crippen molar-refractivity contribution in [3.63, 3.8) is 0 Å². The van der Waals surface area contributed by atoms with Crippen LogP contribution in [0.25, 0.3) is 0 Å². The molecule has 0 aromatic heterocycles. The zero-order chi connectivity index (χ0) is 12.1. The highest BCUT2D eigenvalue weighted by Gasteiger charge is 2.22. The van der Waals surface area contributed by atoms with Gasteiger partial charge in [-0.2, -0.15) is 0 Å². The van der Waals surface area contributed by atoms with Crippen LogP contribution in [-0.2, 0) is 4.79 Å². The lowest BCUT2D eigenvalue weighted by atomic mass is 10.0. The first-order valence-electron chi connectivity index (χ1n) is 6.95. The van der Waals surface area contributed by atoms with E-state index in [1.165, 1.54) is 32.4 Å². The lowest BCUT2D eigenvalue weighted by Gasteiger charge is -2.22. The van der Waals surface area contributed by atoms with E-state index >= 15 is 0 Å². The van der Waals surface area contributed by atoms with Crippen LogP contribution in [0.5, 0.6) is 0 Å². The normalized spacial score (nSPS) is 30.4. The number of hydrogen-bond donors (Lipinski definition) is 2. The number of rotatable bonds is 4. The topological polar surface area (TPSA) is 44.4 Å². The van der Waals surface area contributed by atoms with Gasteiger partial charge in [-0.1, -0.05) is 6.42 Å². The number of nitrogens with zero attached hydrogens (tertiary/aromatic N) is 1. The average molecular weight is 239 g/mol. The molecular formula is C13H25N3O. The fourth-order valence-corrected chi connectivity index (χ4v) is 2.86. The van der Waals surface area contributed by atoms with Crippen LogP contribution in [0.4, 0.5) is 0 Å². The van der Waals surface area contributed by atoms with Crippen molar-refractivity contribution in [2.75, 3.05) is 33.2 Å². The van der Waals surface area contributed by atoms with E-state index in [0.717, 1.165) is 31.8 Å². The Kier molecular flexibility index (Phi) is 4.80. The molecular weight excluding hydrogens is 214 g/mol. The summed E-state index contributed by atoms with van der Waals surface area (Å²) in [6, 6.07) is 0.0648. The molecule has 2 rings (SSSR count). The fraction of sp³-hybridized carbons (Fsp3) is 0.923. The number of carbonyl (C=O) groups is 1. The van der Waals surface area contributed by atoms with Crippen LogP contribution in [0.2, 0.25) is 0 Å². The SMILES string of the molecule is CN1CCC(CCNC(=O)C2CCCCN2)C1. The molecule has 2 atom stereocenters. The molecule has 17 heavy (non-hydrogen) atoms. The van der Waals surface area contributed by atoms with Gasteiger partial charge in [0.2, 0.25) is 5.91 Å². The van der Waals surface area contributed by atoms with Crippen molar-refractivity contribution < 1.29 is 4.79 Å². The van der Waals surface area contributed by atoms with Crippen LogP contribution in [0.1, 0.15) is 32.1 Å². The molecule has 0 aromatic carbocycles. The van der Waals surface area contributed by atoms with E-state index in [4.69, 9.17) is 0 Å². The Morgan fingerprint density at radius 2 is 2.29 bits per heavy atom. The van der Waals surface area contributed by atoms with Gasteiger partial charge in [0, 0.05) is 13.1 Å². The van der Waals surface area contributed by atoms with Crippen molar-refractivity contribution in [1.29, 1.82) is 0 Å². The molecule has 2 heterocycles. The van der Waals surface area contributed by atoms with Gasteiger partial charge in [0.25, 0.3) is 0 Å². The van der Waals surface area contributed by atoms with E-state index in [9.17, 15) is 4.79 Å². The molecule has 0 spiro atoms. The zero-order valence-electron chi connectivity index (χ0n) is 10.9. The summed E-state index contributed by atoms with van der Waals surface area (Å²) in [5, 5.41) is 6.36. The Bertz CT molecular complexity index is 251. The Morgan fingerprint density at radius 3 is 2.94 bits per heavy atom. The molecule has 0 radical (unpaired) electrons. The maximum Gasteiger partial charge on any atom is 0.237 e. The number of carbonyl (C=O) groups excluding carboxylic acids is 1. The van der Waals surface area contributed by atoms with Crippen LogP contribution in [0.15, 0.2) is 0 Å². The average Bonchev–Trinajstić information content (AvgIpc) is 2.76. The van der Waals surface area contributed by atoms with E-state index in [2.05, 4.69) is 22.6 Å². The summed E-state index contributed by atoms with van der Waals surface area (Å²) in [6.45, 7) is 4.24. The molecule has 0 bridgehead atoms. The second-order valence-electron chi connectivity index (χ2n) is 5.50. The van der Waals surface area contributed by atoms with Gasteiger partial charge < -0.3 is 15.5 Å². The minimum Gasteiger partial charge on any atom is -0.355 e. The predicted octanol–water partition coefficient (Wildman–Crippen LogP) is 0.587. The third kappa shape index (κ3) is 3.96. The first-order chi connectivity index (χ1) is 8.25. The zero-order valence-corrected chi connectivity index (χ0v) is 10.9. The summed E-state index contributed by atoms with van der Waals surface area (Å²) in [7, 11) is 2.17. The number of hydrogen-bond acceptors (Lipinski definition) is 3. The molecule has 2 aliphatic heterocycles. The van der Waals surface area contributed by atoms with E-state index in [1.807, 2.05) is 0 Å². The maximum atomic E-state index is 11.9. The Labute approximate surface area is 104 Å². The molecule has 2 unspecified atom stereocenters. The van der Waals surface area contributed by atoms with Gasteiger partial charge in [-0.15, -0.1) is 0 Å². The minimum atomic E-state index is 0.0648. The van der Waals surface area contributed by atoms with E-state index < -0.39 is 0 Å². The standard InChI is InChI=1S/C13H25N3O/c1-16-9-6-11(10-16)5-8-15-13(17)12-4-2-3-7-14-12/h11-12,14H,2-10H2,1H3,(H,15,17). The summed E-state index contributed by atoms with van der Waals surface area (Å²) in [6.07, 6.45) is 5.80. The largest absolute Gasteiger partial charge is 0.355 e. The Morgan fingerprint density at radius 1 is 1.41 bits per heavy atom. The van der Waals surface area contributed by atoms with Crippen molar-refractivity contribution >= 4 is 5.91 Å². The first kappa shape index (κ1) is 12.8. The molecule has 0 saturated carbocycles. The Hall–Kier alpha value is -0.610. The second-order valence-corrected chi connectivity index (χ2v) is 5.50. The van der Waals surface area contributed by atoms with Gasteiger partial charge in [0.05, 0.1) is 6.04 Å². The Balaban J connectivity index is 1.59. The van der Waals surface area contributed by atoms with Crippen molar-refractivity contribution in [3.8, 4) is 0 Å². The van der Waals surface area contributed by atoms with Crippen molar-refractivity contribution in [3.05, 3.63) is 0 Å². The summed E-state index contributed by atoms with van der Waals surface area (Å²) in [4.78, 5) is 14.2. The summed E-state index contributed by atoms with van der Waals surface area (Å²) in [5.41, 5.74) is 0. The van der Waals surface area contributed by atoms with E-state index in [1.54, 1.807) is 0 Å². The molecule has 2 N–H and O–H groups in total. The van der Waals surface area contributed by atoms with E-state index in [0.29, 0.717) is 0 Å².